The zero-order valence-electron chi connectivity index (χ0n) is 18.6. The third-order valence-corrected chi connectivity index (χ3v) is 6.56. The molecule has 0 unspecified atom stereocenters. The van der Waals surface area contributed by atoms with Crippen LogP contribution in [0.4, 0.5) is 5.69 Å². The number of nitrogens with one attached hydrogen (secondary N) is 1. The highest BCUT2D eigenvalue weighted by Crippen LogP contribution is 2.55. The van der Waals surface area contributed by atoms with Crippen molar-refractivity contribution in [2.24, 2.45) is 5.10 Å². The van der Waals surface area contributed by atoms with Crippen LogP contribution in [0.25, 0.3) is 0 Å². The van der Waals surface area contributed by atoms with Crippen molar-refractivity contribution in [3.8, 4) is 5.75 Å². The average Bonchev–Trinajstić information content (AvgIpc) is 3.25. The Morgan fingerprint density at radius 2 is 2.00 bits per heavy atom. The van der Waals surface area contributed by atoms with Crippen molar-refractivity contribution >= 4 is 40.3 Å². The van der Waals surface area contributed by atoms with Crippen LogP contribution in [0.3, 0.4) is 0 Å². The summed E-state index contributed by atoms with van der Waals surface area (Å²) in [5.41, 5.74) is 3.09. The molecule has 4 rings (SSSR count). The van der Waals surface area contributed by atoms with Crippen molar-refractivity contribution in [1.82, 2.24) is 10.3 Å². The molecule has 2 aromatic carbocycles. The van der Waals surface area contributed by atoms with Gasteiger partial charge in [-0.05, 0) is 30.8 Å². The SMILES string of the molecule is C=CCOc1ccccc1CN1C(=O)[C@@]2(SC(NC(C)=O)=NN2C(C)=O)c2cc(C)ccc21. The standard InChI is InChI=1S/C24H24N4O4S/c1-5-12-32-21-9-7-6-8-18(21)14-27-20-11-10-15(2)13-19(20)24(22(27)31)28(17(4)30)26-23(33-24)25-16(3)29/h5-11,13H,1,12,14H2,2-4H3,(H,25,26,29)/t24-/m0/s1. The molecule has 2 aromatic rings. The second-order valence-electron chi connectivity index (χ2n) is 7.78. The number of nitrogens with zero attached hydrogens (tertiary/aromatic N) is 3. The number of aryl methyl sites for hydroxylation is 1. The summed E-state index contributed by atoms with van der Waals surface area (Å²) in [4.78, 5) is 38.5. The summed E-state index contributed by atoms with van der Waals surface area (Å²) in [5, 5.41) is 8.28. The van der Waals surface area contributed by atoms with Crippen molar-refractivity contribution in [2.75, 3.05) is 11.5 Å². The maximum absolute atomic E-state index is 14.0. The molecule has 3 amide bonds. The fraction of sp³-hybridized carbons (Fsp3) is 0.250. The van der Waals surface area contributed by atoms with Crippen LogP contribution in [0.2, 0.25) is 0 Å². The van der Waals surface area contributed by atoms with E-state index in [1.54, 1.807) is 11.0 Å². The van der Waals surface area contributed by atoms with Crippen molar-refractivity contribution in [3.05, 3.63) is 71.8 Å². The van der Waals surface area contributed by atoms with Gasteiger partial charge in [0.05, 0.1) is 12.2 Å². The zero-order valence-corrected chi connectivity index (χ0v) is 19.4. The average molecular weight is 465 g/mol. The smallest absolute Gasteiger partial charge is 0.271 e. The predicted octanol–water partition coefficient (Wildman–Crippen LogP) is 3.26. The maximum atomic E-state index is 14.0. The number of ether oxygens (including phenoxy) is 1. The zero-order chi connectivity index (χ0) is 23.8. The highest BCUT2D eigenvalue weighted by molar-refractivity contribution is 8.15. The molecule has 9 heteroatoms. The molecule has 0 saturated heterocycles. The van der Waals surface area contributed by atoms with Gasteiger partial charge in [-0.1, -0.05) is 48.6 Å². The highest BCUT2D eigenvalue weighted by Gasteiger charge is 2.61. The van der Waals surface area contributed by atoms with Gasteiger partial charge in [0.25, 0.3) is 5.91 Å². The van der Waals surface area contributed by atoms with E-state index < -0.39 is 10.8 Å². The predicted molar refractivity (Wildman–Crippen MR) is 128 cm³/mol. The maximum Gasteiger partial charge on any atom is 0.271 e. The molecule has 1 N–H and O–H groups in total. The topological polar surface area (TPSA) is 91.3 Å². The Bertz CT molecular complexity index is 1190. The number of hydrogen-bond donors (Lipinski definition) is 1. The fourth-order valence-electron chi connectivity index (χ4n) is 3.98. The second kappa shape index (κ2) is 8.74. The van der Waals surface area contributed by atoms with Crippen LogP contribution in [-0.2, 0) is 25.8 Å². The van der Waals surface area contributed by atoms with Gasteiger partial charge >= 0.3 is 0 Å². The lowest BCUT2D eigenvalue weighted by Crippen LogP contribution is -2.48. The van der Waals surface area contributed by atoms with E-state index in [0.29, 0.717) is 23.6 Å². The van der Waals surface area contributed by atoms with E-state index in [1.165, 1.54) is 18.9 Å². The number of anilines is 1. The van der Waals surface area contributed by atoms with Gasteiger partial charge in [0, 0.05) is 25.0 Å². The first kappa shape index (κ1) is 22.6. The molecule has 33 heavy (non-hydrogen) atoms. The molecule has 2 aliphatic rings. The monoisotopic (exact) mass is 464 g/mol. The quantitative estimate of drug-likeness (QED) is 0.686. The molecule has 1 atom stereocenters. The summed E-state index contributed by atoms with van der Waals surface area (Å²) in [6.45, 7) is 8.90. The molecule has 0 fully saturated rings. The van der Waals surface area contributed by atoms with Crippen LogP contribution < -0.4 is 15.0 Å². The Balaban J connectivity index is 1.80. The van der Waals surface area contributed by atoms with Gasteiger partial charge in [-0.2, -0.15) is 5.01 Å². The highest BCUT2D eigenvalue weighted by atomic mass is 32.2. The van der Waals surface area contributed by atoms with Crippen LogP contribution in [-0.4, -0.2) is 34.5 Å². The van der Waals surface area contributed by atoms with Gasteiger partial charge in [0.15, 0.2) is 5.17 Å². The molecule has 0 aromatic heterocycles. The molecular weight excluding hydrogens is 440 g/mol. The minimum atomic E-state index is -1.43. The lowest BCUT2D eigenvalue weighted by molar-refractivity contribution is -0.139. The molecular formula is C24H24N4O4S. The first-order valence-corrected chi connectivity index (χ1v) is 11.2. The molecule has 0 aliphatic carbocycles. The molecule has 170 valence electrons. The summed E-state index contributed by atoms with van der Waals surface area (Å²) < 4.78 is 5.78. The van der Waals surface area contributed by atoms with E-state index >= 15 is 0 Å². The number of hydrogen-bond acceptors (Lipinski definition) is 6. The minimum absolute atomic E-state index is 0.204. The number of amides is 3. The Kier molecular flexibility index (Phi) is 5.99. The number of carbonyl (C=O) groups excluding carboxylic acids is 3. The van der Waals surface area contributed by atoms with Crippen molar-refractivity contribution in [2.45, 2.75) is 32.2 Å². The van der Waals surface area contributed by atoms with E-state index in [4.69, 9.17) is 4.74 Å². The number of benzene rings is 2. The molecule has 0 radical (unpaired) electrons. The van der Waals surface area contributed by atoms with Gasteiger partial charge in [-0.3, -0.25) is 14.4 Å². The van der Waals surface area contributed by atoms with E-state index in [1.807, 2.05) is 49.4 Å². The molecule has 0 bridgehead atoms. The molecule has 8 nitrogen and oxygen atoms in total. The third kappa shape index (κ3) is 3.89. The number of fused-ring (bicyclic) bond motifs is 2. The summed E-state index contributed by atoms with van der Waals surface area (Å²) in [6, 6.07) is 13.2. The molecule has 2 heterocycles. The Morgan fingerprint density at radius 1 is 1.24 bits per heavy atom. The van der Waals surface area contributed by atoms with Gasteiger partial charge in [0.2, 0.25) is 16.7 Å². The first-order chi connectivity index (χ1) is 15.8. The lowest BCUT2D eigenvalue weighted by atomic mass is 10.0. The van der Waals surface area contributed by atoms with Gasteiger partial charge in [-0.25, -0.2) is 0 Å². The van der Waals surface area contributed by atoms with E-state index in [2.05, 4.69) is 17.0 Å². The van der Waals surface area contributed by atoms with E-state index in [-0.39, 0.29) is 23.5 Å². The van der Waals surface area contributed by atoms with Gasteiger partial charge in [0.1, 0.15) is 12.4 Å². The molecule has 2 aliphatic heterocycles. The Labute approximate surface area is 196 Å². The largest absolute Gasteiger partial charge is 0.489 e. The minimum Gasteiger partial charge on any atom is -0.489 e. The van der Waals surface area contributed by atoms with Crippen LogP contribution in [0.5, 0.6) is 5.75 Å². The summed E-state index contributed by atoms with van der Waals surface area (Å²) in [6.07, 6.45) is 1.66. The Hall–Kier alpha value is -3.59. The van der Waals surface area contributed by atoms with Crippen LogP contribution in [0.15, 0.2) is 60.2 Å². The first-order valence-electron chi connectivity index (χ1n) is 10.4. The van der Waals surface area contributed by atoms with Crippen LogP contribution >= 0.6 is 11.8 Å². The lowest BCUT2D eigenvalue weighted by Gasteiger charge is -2.29. The number of hydrazone groups is 1. The number of carbonyl (C=O) groups is 3. The number of para-hydroxylation sites is 1. The number of thioether (sulfide) groups is 1. The number of rotatable bonds is 5. The van der Waals surface area contributed by atoms with Crippen LogP contribution in [0.1, 0.15) is 30.5 Å². The van der Waals surface area contributed by atoms with E-state index in [0.717, 1.165) is 22.9 Å². The van der Waals surface area contributed by atoms with Crippen molar-refractivity contribution in [3.63, 3.8) is 0 Å². The number of amidine groups is 1. The Morgan fingerprint density at radius 3 is 2.70 bits per heavy atom. The summed E-state index contributed by atoms with van der Waals surface area (Å²) >= 11 is 1.06. The summed E-state index contributed by atoms with van der Waals surface area (Å²) in [7, 11) is 0. The van der Waals surface area contributed by atoms with E-state index in [9.17, 15) is 14.4 Å². The molecule has 0 saturated carbocycles. The fourth-order valence-corrected chi connectivity index (χ4v) is 5.30. The van der Waals surface area contributed by atoms with Gasteiger partial charge < -0.3 is 15.0 Å². The molecule has 1 spiro atoms. The van der Waals surface area contributed by atoms with Crippen molar-refractivity contribution in [1.29, 1.82) is 0 Å². The second-order valence-corrected chi connectivity index (χ2v) is 8.96. The summed E-state index contributed by atoms with van der Waals surface area (Å²) in [5.74, 6) is -0.398. The third-order valence-electron chi connectivity index (χ3n) is 5.32. The van der Waals surface area contributed by atoms with Crippen molar-refractivity contribution < 1.29 is 19.1 Å². The van der Waals surface area contributed by atoms with Gasteiger partial charge in [-0.15, -0.1) is 5.10 Å². The van der Waals surface area contributed by atoms with Crippen LogP contribution in [0, 0.1) is 6.92 Å². The normalized spacial score (nSPS) is 18.9.